The fraction of sp³-hybridized carbons (Fsp3) is 0.235. The summed E-state index contributed by atoms with van der Waals surface area (Å²) in [6, 6.07) is 3.14. The first kappa shape index (κ1) is 19.1. The van der Waals surface area contributed by atoms with Gasteiger partial charge >= 0.3 is 6.16 Å². The number of allylic oxidation sites excluding steroid dienone is 1. The number of rotatable bonds is 4. The minimum Gasteiger partial charge on any atom is -0.434 e. The van der Waals surface area contributed by atoms with E-state index in [0.717, 1.165) is 0 Å². The molecule has 10 heteroatoms. The molecule has 0 aliphatic carbocycles. The number of hydrogen-bond donors (Lipinski definition) is 2. The van der Waals surface area contributed by atoms with Gasteiger partial charge in [0, 0.05) is 16.0 Å². The molecule has 2 heterocycles. The SMILES string of the molecule is CCOC(=O)OC1=C(C)NC(c2csc(N)n2)=NC1c1ccc(F)cc1Cl. The Labute approximate surface area is 163 Å². The molecule has 142 valence electrons. The van der Waals surface area contributed by atoms with Crippen LogP contribution >= 0.6 is 22.9 Å². The van der Waals surface area contributed by atoms with Crippen LogP contribution in [0.15, 0.2) is 40.0 Å². The number of aliphatic imine (C=N–C) groups is 1. The van der Waals surface area contributed by atoms with Crippen molar-refractivity contribution in [2.75, 3.05) is 12.3 Å². The summed E-state index contributed by atoms with van der Waals surface area (Å²) in [5.74, 6) is 0.152. The maximum Gasteiger partial charge on any atom is 0.513 e. The molecule has 27 heavy (non-hydrogen) atoms. The lowest BCUT2D eigenvalue weighted by atomic mass is 10.0. The molecule has 1 aliphatic rings. The minimum absolute atomic E-state index is 0.153. The Morgan fingerprint density at radius 1 is 1.48 bits per heavy atom. The number of aromatic nitrogens is 1. The molecular formula is C17H16ClFN4O3S. The monoisotopic (exact) mass is 410 g/mol. The maximum absolute atomic E-state index is 13.5. The van der Waals surface area contributed by atoms with E-state index in [0.29, 0.717) is 27.9 Å². The van der Waals surface area contributed by atoms with Crippen molar-refractivity contribution in [2.24, 2.45) is 4.99 Å². The van der Waals surface area contributed by atoms with Crippen molar-refractivity contribution in [1.29, 1.82) is 0 Å². The summed E-state index contributed by atoms with van der Waals surface area (Å²) in [5.41, 5.74) is 7.22. The molecule has 3 rings (SSSR count). The molecule has 1 unspecified atom stereocenters. The fourth-order valence-electron chi connectivity index (χ4n) is 2.49. The van der Waals surface area contributed by atoms with Crippen LogP contribution < -0.4 is 11.1 Å². The van der Waals surface area contributed by atoms with Crippen molar-refractivity contribution in [3.8, 4) is 0 Å². The lowest BCUT2D eigenvalue weighted by molar-refractivity contribution is 0.0763. The fourth-order valence-corrected chi connectivity index (χ4v) is 3.31. The highest BCUT2D eigenvalue weighted by atomic mass is 35.5. The van der Waals surface area contributed by atoms with E-state index in [2.05, 4.69) is 15.3 Å². The van der Waals surface area contributed by atoms with E-state index in [-0.39, 0.29) is 17.4 Å². The van der Waals surface area contributed by atoms with Gasteiger partial charge in [0.2, 0.25) is 0 Å². The molecule has 0 spiro atoms. The molecule has 2 aromatic rings. The smallest absolute Gasteiger partial charge is 0.434 e. The number of benzene rings is 1. The Balaban J connectivity index is 2.05. The first-order valence-electron chi connectivity index (χ1n) is 7.95. The molecule has 3 N–H and O–H groups in total. The molecule has 1 aromatic heterocycles. The van der Waals surface area contributed by atoms with Crippen molar-refractivity contribution in [3.63, 3.8) is 0 Å². The highest BCUT2D eigenvalue weighted by molar-refractivity contribution is 7.13. The molecule has 1 aromatic carbocycles. The highest BCUT2D eigenvalue weighted by Gasteiger charge is 2.30. The maximum atomic E-state index is 13.5. The summed E-state index contributed by atoms with van der Waals surface area (Å²) >= 11 is 7.48. The van der Waals surface area contributed by atoms with Gasteiger partial charge in [-0.3, -0.25) is 0 Å². The van der Waals surface area contributed by atoms with Gasteiger partial charge in [0.25, 0.3) is 0 Å². The summed E-state index contributed by atoms with van der Waals surface area (Å²) in [4.78, 5) is 20.6. The quantitative estimate of drug-likeness (QED) is 0.739. The Kier molecular flexibility index (Phi) is 5.62. The van der Waals surface area contributed by atoms with Gasteiger partial charge in [0.05, 0.1) is 12.3 Å². The third-order valence-electron chi connectivity index (χ3n) is 3.66. The number of ether oxygens (including phenoxy) is 2. The number of hydrogen-bond acceptors (Lipinski definition) is 8. The number of nitrogens with one attached hydrogen (secondary N) is 1. The molecule has 0 saturated heterocycles. The van der Waals surface area contributed by atoms with Crippen LogP contribution in [0.1, 0.15) is 31.1 Å². The second kappa shape index (κ2) is 7.93. The summed E-state index contributed by atoms with van der Waals surface area (Å²) in [6.45, 7) is 3.54. The Bertz CT molecular complexity index is 944. The first-order valence-corrected chi connectivity index (χ1v) is 9.21. The number of nitrogens with two attached hydrogens (primary N) is 1. The predicted molar refractivity (Wildman–Crippen MR) is 101 cm³/mol. The van der Waals surface area contributed by atoms with Gasteiger partial charge in [-0.15, -0.1) is 11.3 Å². The molecule has 1 aliphatic heterocycles. The van der Waals surface area contributed by atoms with Gasteiger partial charge < -0.3 is 20.5 Å². The van der Waals surface area contributed by atoms with E-state index in [9.17, 15) is 9.18 Å². The molecule has 0 radical (unpaired) electrons. The first-order chi connectivity index (χ1) is 12.9. The topological polar surface area (TPSA) is 98.8 Å². The molecule has 1 atom stereocenters. The highest BCUT2D eigenvalue weighted by Crippen LogP contribution is 2.36. The average molecular weight is 411 g/mol. The van der Waals surface area contributed by atoms with Crippen LogP contribution in [0.3, 0.4) is 0 Å². The van der Waals surface area contributed by atoms with Gasteiger partial charge in [-0.1, -0.05) is 17.7 Å². The van der Waals surface area contributed by atoms with E-state index in [1.54, 1.807) is 19.2 Å². The Morgan fingerprint density at radius 3 is 2.89 bits per heavy atom. The van der Waals surface area contributed by atoms with E-state index in [1.165, 1.54) is 29.5 Å². The molecule has 7 nitrogen and oxygen atoms in total. The van der Waals surface area contributed by atoms with Crippen molar-refractivity contribution in [1.82, 2.24) is 10.3 Å². The van der Waals surface area contributed by atoms with Crippen LogP contribution in [-0.2, 0) is 9.47 Å². The number of nitrogen functional groups attached to an aromatic ring is 1. The predicted octanol–water partition coefficient (Wildman–Crippen LogP) is 4.01. The normalized spacial score (nSPS) is 16.6. The van der Waals surface area contributed by atoms with Gasteiger partial charge in [-0.25, -0.2) is 19.2 Å². The number of halogens is 2. The summed E-state index contributed by atoms with van der Waals surface area (Å²) in [7, 11) is 0. The van der Waals surface area contributed by atoms with Crippen LogP contribution in [-0.4, -0.2) is 23.6 Å². The third kappa shape index (κ3) is 4.20. The van der Waals surface area contributed by atoms with Gasteiger partial charge in [0.1, 0.15) is 17.6 Å². The van der Waals surface area contributed by atoms with Crippen LogP contribution in [0.4, 0.5) is 14.3 Å². The zero-order valence-electron chi connectivity index (χ0n) is 14.5. The van der Waals surface area contributed by atoms with Crippen LogP contribution in [0.5, 0.6) is 0 Å². The van der Waals surface area contributed by atoms with Crippen molar-refractivity contribution in [2.45, 2.75) is 19.9 Å². The number of carbonyl (C=O) groups excluding carboxylic acids is 1. The Hall–Kier alpha value is -2.65. The zero-order valence-corrected chi connectivity index (χ0v) is 16.0. The number of thiazole rings is 1. The number of anilines is 1. The van der Waals surface area contributed by atoms with E-state index in [4.69, 9.17) is 26.8 Å². The van der Waals surface area contributed by atoms with E-state index < -0.39 is 18.0 Å². The zero-order chi connectivity index (χ0) is 19.6. The van der Waals surface area contributed by atoms with E-state index >= 15 is 0 Å². The summed E-state index contributed by atoms with van der Waals surface area (Å²) in [6.07, 6.45) is -0.867. The van der Waals surface area contributed by atoms with Crippen molar-refractivity contribution < 1.29 is 18.7 Å². The molecule has 0 amide bonds. The van der Waals surface area contributed by atoms with Gasteiger partial charge in [0.15, 0.2) is 16.7 Å². The molecule has 0 saturated carbocycles. The van der Waals surface area contributed by atoms with Crippen LogP contribution in [0.25, 0.3) is 0 Å². The number of amidine groups is 1. The second-order valence-electron chi connectivity index (χ2n) is 5.52. The Morgan fingerprint density at radius 2 is 2.26 bits per heavy atom. The van der Waals surface area contributed by atoms with Gasteiger partial charge in [-0.05, 0) is 26.0 Å². The molecule has 0 bridgehead atoms. The minimum atomic E-state index is -0.867. The molecule has 0 fully saturated rings. The van der Waals surface area contributed by atoms with Crippen molar-refractivity contribution in [3.05, 3.63) is 57.1 Å². The number of carbonyl (C=O) groups is 1. The third-order valence-corrected chi connectivity index (χ3v) is 4.66. The lowest BCUT2D eigenvalue weighted by Gasteiger charge is -2.26. The van der Waals surface area contributed by atoms with Crippen molar-refractivity contribution >= 4 is 40.1 Å². The largest absolute Gasteiger partial charge is 0.513 e. The lowest BCUT2D eigenvalue weighted by Crippen LogP contribution is -2.31. The van der Waals surface area contributed by atoms with Crippen LogP contribution in [0, 0.1) is 5.82 Å². The number of nitrogens with zero attached hydrogens (tertiary/aromatic N) is 2. The van der Waals surface area contributed by atoms with Crippen LogP contribution in [0.2, 0.25) is 5.02 Å². The second-order valence-corrected chi connectivity index (χ2v) is 6.81. The summed E-state index contributed by atoms with van der Waals surface area (Å²) in [5, 5.41) is 5.33. The average Bonchev–Trinajstić information content (AvgIpc) is 3.03. The summed E-state index contributed by atoms with van der Waals surface area (Å²) < 4.78 is 23.7. The molecular weight excluding hydrogens is 395 g/mol. The van der Waals surface area contributed by atoms with E-state index in [1.807, 2.05) is 0 Å². The van der Waals surface area contributed by atoms with Gasteiger partial charge in [-0.2, -0.15) is 0 Å². The standard InChI is InChI=1S/C17H16ClFN4O3S/c1-3-25-17(24)26-14-8(2)21-15(12-7-27-16(20)22-12)23-13(14)10-5-4-9(19)6-11(10)18/h4-7,13H,3H2,1-2H3,(H2,20,22)(H,21,23).